The van der Waals surface area contributed by atoms with Crippen LogP contribution in [0.15, 0.2) is 82.6 Å². The van der Waals surface area contributed by atoms with Crippen molar-refractivity contribution in [1.29, 1.82) is 0 Å². The lowest BCUT2D eigenvalue weighted by molar-refractivity contribution is 0.415. The van der Waals surface area contributed by atoms with Crippen molar-refractivity contribution in [3.63, 3.8) is 0 Å². The topological polar surface area (TPSA) is 81.0 Å². The van der Waals surface area contributed by atoms with Crippen molar-refractivity contribution in [3.8, 4) is 5.75 Å². The van der Waals surface area contributed by atoms with Gasteiger partial charge in [0.15, 0.2) is 0 Å². The van der Waals surface area contributed by atoms with E-state index in [4.69, 9.17) is 4.74 Å². The summed E-state index contributed by atoms with van der Waals surface area (Å²) in [4.78, 5) is 17.3. The molecule has 2 aromatic carbocycles. The highest BCUT2D eigenvalue weighted by Crippen LogP contribution is 2.27. The minimum atomic E-state index is -3.92. The first-order chi connectivity index (χ1) is 15.3. The zero-order valence-electron chi connectivity index (χ0n) is 18.0. The lowest BCUT2D eigenvalue weighted by Gasteiger charge is -2.24. The van der Waals surface area contributed by atoms with E-state index in [1.165, 1.54) is 14.8 Å². The number of benzene rings is 2. The first kappa shape index (κ1) is 21.6. The van der Waals surface area contributed by atoms with E-state index in [2.05, 4.69) is 4.98 Å². The molecular weight excluding hydrogens is 426 g/mol. The summed E-state index contributed by atoms with van der Waals surface area (Å²) >= 11 is 0. The van der Waals surface area contributed by atoms with Crippen LogP contribution in [0, 0.1) is 13.8 Å². The third kappa shape index (κ3) is 4.22. The molecule has 32 heavy (non-hydrogen) atoms. The molecule has 0 N–H and O–H groups in total. The molecule has 0 radical (unpaired) electrons. The maximum atomic E-state index is 13.6. The van der Waals surface area contributed by atoms with Crippen molar-refractivity contribution in [2.75, 3.05) is 11.4 Å². The molecule has 0 amide bonds. The van der Waals surface area contributed by atoms with Gasteiger partial charge in [-0.15, -0.1) is 0 Å². The molecule has 164 valence electrons. The average Bonchev–Trinajstić information content (AvgIpc) is 2.77. The molecule has 2 heterocycles. The number of aromatic nitrogens is 2. The van der Waals surface area contributed by atoms with Crippen LogP contribution < -0.4 is 14.6 Å². The summed E-state index contributed by atoms with van der Waals surface area (Å²) in [5.74, 6) is 0.610. The summed E-state index contributed by atoms with van der Waals surface area (Å²) in [5.41, 5.74) is 2.90. The highest BCUT2D eigenvalue weighted by atomic mass is 32.2. The monoisotopic (exact) mass is 449 g/mol. The Kier molecular flexibility index (Phi) is 5.71. The smallest absolute Gasteiger partial charge is 0.264 e. The fourth-order valence-electron chi connectivity index (χ4n) is 3.38. The van der Waals surface area contributed by atoms with E-state index in [0.29, 0.717) is 22.8 Å². The van der Waals surface area contributed by atoms with Gasteiger partial charge in [0.2, 0.25) is 0 Å². The number of hydrogen-bond acceptors (Lipinski definition) is 5. The van der Waals surface area contributed by atoms with Crippen molar-refractivity contribution < 1.29 is 13.2 Å². The second-order valence-corrected chi connectivity index (χ2v) is 9.40. The zero-order valence-corrected chi connectivity index (χ0v) is 18.8. The maximum Gasteiger partial charge on any atom is 0.264 e. The molecule has 2 aromatic heterocycles. The summed E-state index contributed by atoms with van der Waals surface area (Å²) < 4.78 is 35.1. The standard InChI is InChI=1S/C24H23N3O4S/c1-17-4-10-22(11-5-17)32(29,30)27(20-6-8-21(31-3)9-7-20)16-19-15-24(28)26-13-12-18(2)14-23(26)25-19/h4-15H,16H2,1-3H3. The Bertz CT molecular complexity index is 1430. The van der Waals surface area contributed by atoms with E-state index >= 15 is 0 Å². The molecule has 0 bridgehead atoms. The predicted octanol–water partition coefficient (Wildman–Crippen LogP) is 3.72. The van der Waals surface area contributed by atoms with Crippen LogP contribution in [-0.2, 0) is 16.6 Å². The minimum absolute atomic E-state index is 0.0950. The van der Waals surface area contributed by atoms with Gasteiger partial charge < -0.3 is 4.74 Å². The number of aryl methyl sites for hydroxylation is 2. The van der Waals surface area contributed by atoms with Crippen molar-refractivity contribution in [3.05, 3.63) is 100 Å². The summed E-state index contributed by atoms with van der Waals surface area (Å²) in [7, 11) is -2.37. The van der Waals surface area contributed by atoms with E-state index in [1.54, 1.807) is 67.9 Å². The molecule has 0 fully saturated rings. The van der Waals surface area contributed by atoms with Crippen molar-refractivity contribution >= 4 is 21.4 Å². The number of pyridine rings is 1. The quantitative estimate of drug-likeness (QED) is 0.448. The number of rotatable bonds is 6. The highest BCUT2D eigenvalue weighted by molar-refractivity contribution is 7.92. The second kappa shape index (κ2) is 8.47. The molecule has 0 saturated carbocycles. The molecule has 8 heteroatoms. The van der Waals surface area contributed by atoms with Crippen LogP contribution in [0.5, 0.6) is 5.75 Å². The SMILES string of the molecule is COc1ccc(N(Cc2cc(=O)n3ccc(C)cc3n2)S(=O)(=O)c2ccc(C)cc2)cc1. The van der Waals surface area contributed by atoms with Crippen LogP contribution in [-0.4, -0.2) is 24.9 Å². The molecule has 0 saturated heterocycles. The average molecular weight is 450 g/mol. The molecule has 0 aliphatic rings. The Morgan fingerprint density at radius 2 is 1.62 bits per heavy atom. The number of anilines is 1. The van der Waals surface area contributed by atoms with Gasteiger partial charge in [-0.2, -0.15) is 0 Å². The Balaban J connectivity index is 1.83. The third-order valence-electron chi connectivity index (χ3n) is 5.15. The van der Waals surface area contributed by atoms with Gasteiger partial charge in [0.1, 0.15) is 11.4 Å². The summed E-state index contributed by atoms with van der Waals surface area (Å²) in [6, 6.07) is 18.4. The summed E-state index contributed by atoms with van der Waals surface area (Å²) in [5, 5.41) is 0. The van der Waals surface area contributed by atoms with Crippen molar-refractivity contribution in [2.24, 2.45) is 0 Å². The van der Waals surface area contributed by atoms with E-state index < -0.39 is 10.0 Å². The van der Waals surface area contributed by atoms with Crippen LogP contribution in [0.4, 0.5) is 5.69 Å². The molecule has 0 atom stereocenters. The van der Waals surface area contributed by atoms with Crippen LogP contribution in [0.3, 0.4) is 0 Å². The largest absolute Gasteiger partial charge is 0.497 e. The molecule has 7 nitrogen and oxygen atoms in total. The molecule has 4 aromatic rings. The van der Waals surface area contributed by atoms with Crippen LogP contribution in [0.1, 0.15) is 16.8 Å². The minimum Gasteiger partial charge on any atom is -0.497 e. The van der Waals surface area contributed by atoms with Crippen LogP contribution >= 0.6 is 0 Å². The number of hydrogen-bond donors (Lipinski definition) is 0. The lowest BCUT2D eigenvalue weighted by atomic mass is 10.2. The molecule has 0 aliphatic heterocycles. The fourth-order valence-corrected chi connectivity index (χ4v) is 4.82. The highest BCUT2D eigenvalue weighted by Gasteiger charge is 2.26. The number of fused-ring (bicyclic) bond motifs is 1. The van der Waals surface area contributed by atoms with Gasteiger partial charge in [0.05, 0.1) is 29.9 Å². The third-order valence-corrected chi connectivity index (χ3v) is 6.94. The van der Waals surface area contributed by atoms with E-state index in [0.717, 1.165) is 11.1 Å². The van der Waals surface area contributed by atoms with Gasteiger partial charge in [0.25, 0.3) is 15.6 Å². The summed E-state index contributed by atoms with van der Waals surface area (Å²) in [6.45, 7) is 3.71. The van der Waals surface area contributed by atoms with Gasteiger partial charge in [-0.25, -0.2) is 13.4 Å². The Hall–Kier alpha value is -3.65. The zero-order chi connectivity index (χ0) is 22.9. The normalized spacial score (nSPS) is 11.5. The van der Waals surface area contributed by atoms with Crippen LogP contribution in [0.25, 0.3) is 5.65 Å². The molecule has 0 spiro atoms. The number of ether oxygens (including phenoxy) is 1. The Labute approximate surface area is 186 Å². The van der Waals surface area contributed by atoms with Gasteiger partial charge in [-0.3, -0.25) is 13.5 Å². The van der Waals surface area contributed by atoms with E-state index in [9.17, 15) is 13.2 Å². The molecule has 0 unspecified atom stereocenters. The summed E-state index contributed by atoms with van der Waals surface area (Å²) in [6.07, 6.45) is 1.66. The first-order valence-corrected chi connectivity index (χ1v) is 11.4. The first-order valence-electron chi connectivity index (χ1n) is 10.0. The maximum absolute atomic E-state index is 13.6. The second-order valence-electron chi connectivity index (χ2n) is 7.54. The van der Waals surface area contributed by atoms with E-state index in [-0.39, 0.29) is 17.0 Å². The van der Waals surface area contributed by atoms with Gasteiger partial charge in [-0.05, 0) is 67.9 Å². The van der Waals surface area contributed by atoms with Gasteiger partial charge in [-0.1, -0.05) is 17.7 Å². The predicted molar refractivity (Wildman–Crippen MR) is 124 cm³/mol. The Morgan fingerprint density at radius 1 is 0.938 bits per heavy atom. The Morgan fingerprint density at radius 3 is 2.28 bits per heavy atom. The van der Waals surface area contributed by atoms with E-state index in [1.807, 2.05) is 19.9 Å². The van der Waals surface area contributed by atoms with Crippen LogP contribution in [0.2, 0.25) is 0 Å². The molecule has 0 aliphatic carbocycles. The van der Waals surface area contributed by atoms with Crippen molar-refractivity contribution in [1.82, 2.24) is 9.38 Å². The number of sulfonamides is 1. The molecule has 4 rings (SSSR count). The van der Waals surface area contributed by atoms with Gasteiger partial charge >= 0.3 is 0 Å². The fraction of sp³-hybridized carbons (Fsp3) is 0.167. The number of methoxy groups -OCH3 is 1. The lowest BCUT2D eigenvalue weighted by Crippen LogP contribution is -2.31. The van der Waals surface area contributed by atoms with Crippen molar-refractivity contribution in [2.45, 2.75) is 25.3 Å². The number of nitrogens with zero attached hydrogens (tertiary/aromatic N) is 3. The molecular formula is C24H23N3O4S. The van der Waals surface area contributed by atoms with Gasteiger partial charge in [0, 0.05) is 12.3 Å².